The summed E-state index contributed by atoms with van der Waals surface area (Å²) < 4.78 is 0. The molecule has 0 saturated carbocycles. The van der Waals surface area contributed by atoms with Crippen molar-refractivity contribution in [1.82, 2.24) is 0 Å². The van der Waals surface area contributed by atoms with E-state index >= 15 is 0 Å². The molecule has 0 unspecified atom stereocenters. The van der Waals surface area contributed by atoms with E-state index in [4.69, 9.17) is 0 Å². The average molecular weight is 506 g/mol. The van der Waals surface area contributed by atoms with Crippen molar-refractivity contribution in [3.8, 4) is 29.9 Å². The van der Waals surface area contributed by atoms with Crippen molar-refractivity contribution in [2.45, 2.75) is 6.92 Å². The van der Waals surface area contributed by atoms with Gasteiger partial charge < -0.3 is 4.90 Å². The fourth-order valence-electron chi connectivity index (χ4n) is 4.17. The molecule has 0 bridgehead atoms. The molecule has 0 radical (unpaired) electrons. The molecule has 1 nitrogen and oxygen atoms in total. The Hall–Kier alpha value is -3.44. The summed E-state index contributed by atoms with van der Waals surface area (Å²) in [5, 5.41) is 0. The number of hydrogen-bond donors (Lipinski definition) is 0. The third-order valence-corrected chi connectivity index (χ3v) is 9.49. The highest BCUT2D eigenvalue weighted by atomic mass is 32.1. The predicted molar refractivity (Wildman–Crippen MR) is 156 cm³/mol. The van der Waals surface area contributed by atoms with E-state index in [2.05, 4.69) is 133 Å². The number of hydrogen-bond acceptors (Lipinski definition) is 4. The molecule has 0 amide bonds. The largest absolute Gasteiger partial charge is 0.311 e. The molecular formula is C31H23NS3. The van der Waals surface area contributed by atoms with E-state index in [1.807, 2.05) is 34.0 Å². The lowest BCUT2D eigenvalue weighted by Gasteiger charge is -2.25. The standard InChI is InChI=1S/C31H23NS3/c1-22-12-17-28(33-22)29-20-21-31(35-29)30-19-18-27(34-30)23-13-15-26(16-14-23)32(24-8-4-2-5-9-24)25-10-6-3-7-11-25/h2-21H,1H3. The smallest absolute Gasteiger partial charge is 0.0462 e. The third kappa shape index (κ3) is 4.61. The van der Waals surface area contributed by atoms with Gasteiger partial charge >= 0.3 is 0 Å². The minimum atomic E-state index is 1.15. The highest BCUT2D eigenvalue weighted by Gasteiger charge is 2.13. The van der Waals surface area contributed by atoms with Gasteiger partial charge in [0.25, 0.3) is 0 Å². The molecule has 6 rings (SSSR count). The van der Waals surface area contributed by atoms with Gasteiger partial charge in [-0.2, -0.15) is 0 Å². The van der Waals surface area contributed by atoms with Gasteiger partial charge in [0.05, 0.1) is 0 Å². The van der Waals surface area contributed by atoms with Gasteiger partial charge in [-0.25, -0.2) is 0 Å². The molecule has 35 heavy (non-hydrogen) atoms. The van der Waals surface area contributed by atoms with Gasteiger partial charge in [0.15, 0.2) is 0 Å². The zero-order chi connectivity index (χ0) is 23.6. The predicted octanol–water partition coefficient (Wildman–Crippen LogP) is 10.7. The van der Waals surface area contributed by atoms with E-state index in [1.54, 1.807) is 0 Å². The number of nitrogens with zero attached hydrogens (tertiary/aromatic N) is 1. The van der Waals surface area contributed by atoms with E-state index in [0.717, 1.165) is 17.1 Å². The van der Waals surface area contributed by atoms with Gasteiger partial charge in [-0.3, -0.25) is 0 Å². The van der Waals surface area contributed by atoms with E-state index < -0.39 is 0 Å². The Morgan fingerprint density at radius 3 is 1.34 bits per heavy atom. The molecule has 3 aromatic carbocycles. The topological polar surface area (TPSA) is 3.24 Å². The van der Waals surface area contributed by atoms with Crippen molar-refractivity contribution in [1.29, 1.82) is 0 Å². The van der Waals surface area contributed by atoms with E-state index in [1.165, 1.54) is 34.8 Å². The second kappa shape index (κ2) is 9.67. The monoisotopic (exact) mass is 505 g/mol. The molecule has 6 aromatic rings. The van der Waals surface area contributed by atoms with Crippen LogP contribution in [0.1, 0.15) is 4.88 Å². The van der Waals surface area contributed by atoms with Crippen molar-refractivity contribution < 1.29 is 0 Å². The zero-order valence-electron chi connectivity index (χ0n) is 19.2. The summed E-state index contributed by atoms with van der Waals surface area (Å²) in [4.78, 5) is 10.3. The van der Waals surface area contributed by atoms with Crippen LogP contribution >= 0.6 is 34.0 Å². The van der Waals surface area contributed by atoms with Crippen molar-refractivity contribution in [2.24, 2.45) is 0 Å². The lowest BCUT2D eigenvalue weighted by molar-refractivity contribution is 1.28. The Balaban J connectivity index is 1.28. The Kier molecular flexibility index (Phi) is 6.09. The van der Waals surface area contributed by atoms with Gasteiger partial charge in [0, 0.05) is 46.3 Å². The molecule has 0 aliphatic heterocycles. The number of anilines is 3. The molecule has 0 aliphatic carbocycles. The Bertz CT molecular complexity index is 1500. The fourth-order valence-corrected chi connectivity index (χ4v) is 7.24. The summed E-state index contributed by atoms with van der Waals surface area (Å²) >= 11 is 5.60. The van der Waals surface area contributed by atoms with Crippen molar-refractivity contribution in [2.75, 3.05) is 4.90 Å². The maximum atomic E-state index is 2.29. The molecular weight excluding hydrogens is 483 g/mol. The van der Waals surface area contributed by atoms with Crippen LogP contribution in [-0.2, 0) is 0 Å². The first-order valence-electron chi connectivity index (χ1n) is 11.5. The molecule has 0 atom stereocenters. The van der Waals surface area contributed by atoms with Crippen LogP contribution in [0.2, 0.25) is 0 Å². The normalized spacial score (nSPS) is 11.0. The second-order valence-electron chi connectivity index (χ2n) is 8.29. The van der Waals surface area contributed by atoms with Crippen molar-refractivity contribution in [3.05, 3.63) is 126 Å². The first-order chi connectivity index (χ1) is 17.2. The van der Waals surface area contributed by atoms with Crippen LogP contribution in [0.25, 0.3) is 29.9 Å². The summed E-state index contributed by atoms with van der Waals surface area (Å²) in [5.74, 6) is 0. The Morgan fingerprint density at radius 2 is 0.829 bits per heavy atom. The fraction of sp³-hybridized carbons (Fsp3) is 0.0323. The van der Waals surface area contributed by atoms with Crippen LogP contribution in [0.5, 0.6) is 0 Å². The van der Waals surface area contributed by atoms with Crippen molar-refractivity contribution >= 4 is 51.1 Å². The van der Waals surface area contributed by atoms with E-state index in [9.17, 15) is 0 Å². The number of thiophene rings is 3. The first-order valence-corrected chi connectivity index (χ1v) is 14.0. The maximum absolute atomic E-state index is 2.29. The van der Waals surface area contributed by atoms with E-state index in [-0.39, 0.29) is 0 Å². The van der Waals surface area contributed by atoms with Gasteiger partial charge in [-0.15, -0.1) is 34.0 Å². The van der Waals surface area contributed by atoms with Gasteiger partial charge in [0.1, 0.15) is 0 Å². The quantitative estimate of drug-likeness (QED) is 0.218. The SMILES string of the molecule is Cc1ccc(-c2ccc(-c3ccc(-c4ccc(N(c5ccccc5)c5ccccc5)cc4)s3)s2)s1. The third-order valence-electron chi connectivity index (χ3n) is 5.88. The van der Waals surface area contributed by atoms with Gasteiger partial charge in [0.2, 0.25) is 0 Å². The second-order valence-corrected chi connectivity index (χ2v) is 11.7. The van der Waals surface area contributed by atoms with E-state index in [0.29, 0.717) is 0 Å². The number of aryl methyl sites for hydroxylation is 1. The highest BCUT2D eigenvalue weighted by molar-refractivity contribution is 7.27. The van der Waals surface area contributed by atoms with Crippen LogP contribution in [0, 0.1) is 6.92 Å². The Labute approximate surface area is 218 Å². The van der Waals surface area contributed by atoms with Crippen molar-refractivity contribution in [3.63, 3.8) is 0 Å². The molecule has 4 heteroatoms. The summed E-state index contributed by atoms with van der Waals surface area (Å²) in [6.07, 6.45) is 0. The minimum absolute atomic E-state index is 1.15. The summed E-state index contributed by atoms with van der Waals surface area (Å²) in [6, 6.07) is 43.4. The minimum Gasteiger partial charge on any atom is -0.311 e. The highest BCUT2D eigenvalue weighted by Crippen LogP contribution is 2.42. The zero-order valence-corrected chi connectivity index (χ0v) is 21.7. The number of rotatable bonds is 6. The van der Waals surface area contributed by atoms with Gasteiger partial charge in [-0.05, 0) is 85.3 Å². The molecule has 0 spiro atoms. The van der Waals surface area contributed by atoms with Crippen LogP contribution in [-0.4, -0.2) is 0 Å². The number of para-hydroxylation sites is 2. The molecule has 0 saturated heterocycles. The molecule has 0 N–H and O–H groups in total. The van der Waals surface area contributed by atoms with Gasteiger partial charge in [-0.1, -0.05) is 48.5 Å². The molecule has 0 fully saturated rings. The van der Waals surface area contributed by atoms with Crippen LogP contribution in [0.4, 0.5) is 17.1 Å². The Morgan fingerprint density at radius 1 is 0.400 bits per heavy atom. The van der Waals surface area contributed by atoms with Crippen LogP contribution in [0.15, 0.2) is 121 Å². The molecule has 3 aromatic heterocycles. The van der Waals surface area contributed by atoms with Crippen LogP contribution < -0.4 is 4.90 Å². The average Bonchev–Trinajstić information content (AvgIpc) is 3.67. The lowest BCUT2D eigenvalue weighted by Crippen LogP contribution is -2.09. The van der Waals surface area contributed by atoms with Crippen LogP contribution in [0.3, 0.4) is 0 Å². The summed E-state index contributed by atoms with van der Waals surface area (Å²) in [7, 11) is 0. The summed E-state index contributed by atoms with van der Waals surface area (Å²) in [5.41, 5.74) is 4.70. The molecule has 170 valence electrons. The molecule has 3 heterocycles. The maximum Gasteiger partial charge on any atom is 0.0462 e. The number of benzene rings is 3. The first kappa shape index (κ1) is 22.1. The summed E-state index contributed by atoms with van der Waals surface area (Å²) in [6.45, 7) is 2.17. The molecule has 0 aliphatic rings. The lowest BCUT2D eigenvalue weighted by atomic mass is 10.1.